The third kappa shape index (κ3) is 6.03. The molecule has 0 atom stereocenters. The first kappa shape index (κ1) is 23.1. The molecule has 0 saturated carbocycles. The van der Waals surface area contributed by atoms with Gasteiger partial charge in [0.15, 0.2) is 5.11 Å². The van der Waals surface area contributed by atoms with Crippen LogP contribution in [-0.4, -0.2) is 10.1 Å². The summed E-state index contributed by atoms with van der Waals surface area (Å²) >= 11 is 21.1. The van der Waals surface area contributed by atoms with E-state index in [-0.39, 0.29) is 0 Å². The zero-order chi connectivity index (χ0) is 22.5. The summed E-state index contributed by atoms with van der Waals surface area (Å²) in [5.74, 6) is 0.760. The molecule has 0 fully saturated rings. The summed E-state index contributed by atoms with van der Waals surface area (Å²) in [6.07, 6.45) is 0. The molecule has 3 nitrogen and oxygen atoms in total. The Kier molecular flexibility index (Phi) is 7.71. The molecule has 4 aromatic rings. The van der Waals surface area contributed by atoms with E-state index in [0.29, 0.717) is 10.1 Å². The minimum absolute atomic E-state index is 0.511. The Morgan fingerprint density at radius 1 is 1.03 bits per heavy atom. The van der Waals surface area contributed by atoms with Crippen LogP contribution in [-0.2, 0) is 5.75 Å². The van der Waals surface area contributed by atoms with Crippen LogP contribution < -0.4 is 10.6 Å². The second-order valence-corrected chi connectivity index (χ2v) is 10.1. The van der Waals surface area contributed by atoms with E-state index in [4.69, 9.17) is 40.4 Å². The van der Waals surface area contributed by atoms with Crippen LogP contribution in [0.25, 0.3) is 10.6 Å². The van der Waals surface area contributed by atoms with Gasteiger partial charge in [-0.1, -0.05) is 53.5 Å². The highest BCUT2D eigenvalue weighted by Crippen LogP contribution is 2.32. The summed E-state index contributed by atoms with van der Waals surface area (Å²) in [6.45, 7) is 1.97. The Morgan fingerprint density at radius 3 is 2.59 bits per heavy atom. The molecule has 0 radical (unpaired) electrons. The topological polar surface area (TPSA) is 37.0 Å². The Labute approximate surface area is 211 Å². The van der Waals surface area contributed by atoms with Gasteiger partial charge >= 0.3 is 0 Å². The average molecular weight is 517 g/mol. The third-order valence-corrected chi connectivity index (χ3v) is 7.49. The number of thiocarbonyl (C=S) groups is 1. The maximum absolute atomic E-state index is 6.21. The molecule has 2 N–H and O–H groups in total. The molecular formula is C24H19Cl2N3S3. The highest BCUT2D eigenvalue weighted by atomic mass is 35.5. The largest absolute Gasteiger partial charge is 0.332 e. The second-order valence-electron chi connectivity index (χ2n) is 6.98. The lowest BCUT2D eigenvalue weighted by molar-refractivity contribution is 1.23. The number of aryl methyl sites for hydroxylation is 1. The lowest BCUT2D eigenvalue weighted by Crippen LogP contribution is -2.19. The predicted octanol–water partition coefficient (Wildman–Crippen LogP) is 8.53. The third-order valence-electron chi connectivity index (χ3n) is 4.58. The van der Waals surface area contributed by atoms with Gasteiger partial charge < -0.3 is 10.6 Å². The van der Waals surface area contributed by atoms with Gasteiger partial charge in [0, 0.05) is 37.3 Å². The molecule has 8 heteroatoms. The van der Waals surface area contributed by atoms with Crippen LogP contribution in [0.1, 0.15) is 11.3 Å². The molecule has 1 aromatic heterocycles. The van der Waals surface area contributed by atoms with Crippen molar-refractivity contribution in [1.29, 1.82) is 0 Å². The van der Waals surface area contributed by atoms with E-state index in [1.807, 2.05) is 67.6 Å². The molecule has 0 bridgehead atoms. The van der Waals surface area contributed by atoms with E-state index >= 15 is 0 Å². The van der Waals surface area contributed by atoms with Crippen molar-refractivity contribution in [2.24, 2.45) is 0 Å². The van der Waals surface area contributed by atoms with E-state index in [1.54, 1.807) is 23.1 Å². The molecule has 4 rings (SSSR count). The fourth-order valence-electron chi connectivity index (χ4n) is 2.90. The summed E-state index contributed by atoms with van der Waals surface area (Å²) in [6, 6.07) is 21.6. The van der Waals surface area contributed by atoms with Gasteiger partial charge in [-0.2, -0.15) is 0 Å². The summed E-state index contributed by atoms with van der Waals surface area (Å²) in [7, 11) is 0. The number of anilines is 2. The highest BCUT2D eigenvalue weighted by Gasteiger charge is 2.09. The average Bonchev–Trinajstić information content (AvgIpc) is 3.25. The summed E-state index contributed by atoms with van der Waals surface area (Å²) in [4.78, 5) is 5.87. The second kappa shape index (κ2) is 10.7. The summed E-state index contributed by atoms with van der Waals surface area (Å²) in [5.41, 5.74) is 4.93. The Morgan fingerprint density at radius 2 is 1.81 bits per heavy atom. The van der Waals surface area contributed by atoms with Crippen LogP contribution in [0.4, 0.5) is 11.4 Å². The fraction of sp³-hybridized carbons (Fsp3) is 0.0833. The monoisotopic (exact) mass is 515 g/mol. The number of hydrogen-bond donors (Lipinski definition) is 2. The predicted molar refractivity (Wildman–Crippen MR) is 145 cm³/mol. The van der Waals surface area contributed by atoms with E-state index < -0.39 is 0 Å². The quantitative estimate of drug-likeness (QED) is 0.198. The first-order chi connectivity index (χ1) is 15.5. The van der Waals surface area contributed by atoms with Gasteiger partial charge in [-0.05, 0) is 61.1 Å². The molecule has 0 aliphatic rings. The molecule has 162 valence electrons. The molecule has 0 aliphatic heterocycles. The number of nitrogens with zero attached hydrogens (tertiary/aromatic N) is 1. The number of nitrogens with one attached hydrogen (secondary N) is 2. The Hall–Kier alpha value is -2.09. The Balaban J connectivity index is 1.39. The lowest BCUT2D eigenvalue weighted by atomic mass is 10.2. The Bertz CT molecular complexity index is 1240. The highest BCUT2D eigenvalue weighted by molar-refractivity contribution is 7.98. The van der Waals surface area contributed by atoms with Gasteiger partial charge in [-0.15, -0.1) is 23.1 Å². The van der Waals surface area contributed by atoms with E-state index in [0.717, 1.165) is 48.9 Å². The van der Waals surface area contributed by atoms with E-state index in [1.165, 1.54) is 0 Å². The molecule has 0 saturated heterocycles. The number of benzene rings is 3. The molecule has 0 amide bonds. The van der Waals surface area contributed by atoms with Crippen molar-refractivity contribution in [3.63, 3.8) is 0 Å². The van der Waals surface area contributed by atoms with Crippen molar-refractivity contribution in [2.75, 3.05) is 10.6 Å². The fourth-order valence-corrected chi connectivity index (χ4v) is 5.27. The SMILES string of the molecule is Cc1ccc(NC(=S)Nc2ccccc2SCc2csc(-c3ccc(Cl)cc3)n2)cc1Cl. The number of hydrogen-bond acceptors (Lipinski definition) is 4. The van der Waals surface area contributed by atoms with Crippen LogP contribution in [0.2, 0.25) is 10.0 Å². The van der Waals surface area contributed by atoms with Crippen molar-refractivity contribution >= 4 is 75.0 Å². The normalized spacial score (nSPS) is 10.7. The van der Waals surface area contributed by atoms with Crippen LogP contribution in [0, 0.1) is 6.92 Å². The van der Waals surface area contributed by atoms with Crippen molar-refractivity contribution in [1.82, 2.24) is 4.98 Å². The molecule has 0 aliphatic carbocycles. The zero-order valence-electron chi connectivity index (χ0n) is 17.1. The van der Waals surface area contributed by atoms with Gasteiger partial charge in [0.25, 0.3) is 0 Å². The van der Waals surface area contributed by atoms with E-state index in [2.05, 4.69) is 22.1 Å². The van der Waals surface area contributed by atoms with Gasteiger partial charge in [0.1, 0.15) is 5.01 Å². The molecule has 1 heterocycles. The molecule has 32 heavy (non-hydrogen) atoms. The number of aromatic nitrogens is 1. The first-order valence-corrected chi connectivity index (χ1v) is 12.8. The minimum Gasteiger partial charge on any atom is -0.332 e. The number of thioether (sulfide) groups is 1. The summed E-state index contributed by atoms with van der Waals surface area (Å²) in [5, 5.41) is 11.5. The molecule has 0 unspecified atom stereocenters. The zero-order valence-corrected chi connectivity index (χ0v) is 21.0. The number of rotatable bonds is 6. The lowest BCUT2D eigenvalue weighted by Gasteiger charge is -2.14. The summed E-state index contributed by atoms with van der Waals surface area (Å²) < 4.78 is 0. The molecule has 0 spiro atoms. The number of para-hydroxylation sites is 1. The van der Waals surface area contributed by atoms with Crippen molar-refractivity contribution < 1.29 is 0 Å². The molecule has 3 aromatic carbocycles. The number of halogens is 2. The van der Waals surface area contributed by atoms with Crippen molar-refractivity contribution in [3.8, 4) is 10.6 Å². The van der Waals surface area contributed by atoms with Gasteiger partial charge in [-0.25, -0.2) is 4.98 Å². The van der Waals surface area contributed by atoms with Crippen molar-refractivity contribution in [2.45, 2.75) is 17.6 Å². The van der Waals surface area contributed by atoms with Crippen LogP contribution in [0.15, 0.2) is 77.0 Å². The standard InChI is InChI=1S/C24H19Cl2N3S3/c1-15-6-11-18(12-20(15)26)28-24(30)29-21-4-2-3-5-22(21)31-13-19-14-32-23(27-19)16-7-9-17(25)10-8-16/h2-12,14H,13H2,1H3,(H2,28,29,30). The van der Waals surface area contributed by atoms with Crippen LogP contribution >= 0.6 is 58.5 Å². The smallest absolute Gasteiger partial charge is 0.175 e. The van der Waals surface area contributed by atoms with Crippen LogP contribution in [0.5, 0.6) is 0 Å². The minimum atomic E-state index is 0.511. The van der Waals surface area contributed by atoms with Gasteiger partial charge in [-0.3, -0.25) is 0 Å². The maximum Gasteiger partial charge on any atom is 0.175 e. The maximum atomic E-state index is 6.21. The van der Waals surface area contributed by atoms with Crippen LogP contribution in [0.3, 0.4) is 0 Å². The number of thiazole rings is 1. The van der Waals surface area contributed by atoms with E-state index in [9.17, 15) is 0 Å². The molecular weight excluding hydrogens is 497 g/mol. The van der Waals surface area contributed by atoms with Gasteiger partial charge in [0.05, 0.1) is 11.4 Å². The van der Waals surface area contributed by atoms with Gasteiger partial charge in [0.2, 0.25) is 0 Å². The van der Waals surface area contributed by atoms with Crippen molar-refractivity contribution in [3.05, 3.63) is 93.4 Å². The first-order valence-electron chi connectivity index (χ1n) is 9.74.